The molecule has 0 N–H and O–H groups in total. The van der Waals surface area contributed by atoms with Gasteiger partial charge >= 0.3 is 0 Å². The van der Waals surface area contributed by atoms with Crippen molar-refractivity contribution in [1.82, 2.24) is 0 Å². The van der Waals surface area contributed by atoms with Crippen molar-refractivity contribution >= 4 is 6.08 Å². The van der Waals surface area contributed by atoms with Gasteiger partial charge in [-0.2, -0.15) is 0 Å². The molecule has 0 radical (unpaired) electrons. The second kappa shape index (κ2) is 16.8. The molecule has 198 valence electrons. The molecule has 0 spiro atoms. The van der Waals surface area contributed by atoms with Gasteiger partial charge in [0.25, 0.3) is 0 Å². The van der Waals surface area contributed by atoms with Gasteiger partial charge in [-0.15, -0.1) is 0 Å². The zero-order chi connectivity index (χ0) is 25.4. The predicted molar refractivity (Wildman–Crippen MR) is 157 cm³/mol. The van der Waals surface area contributed by atoms with Crippen molar-refractivity contribution in [3.63, 3.8) is 0 Å². The SMILES string of the molecule is CC=Cc1ccc(CCCCC2CCC(CCCCC(C)CCC(OC)c3ccccc3)CC2)cc1. The van der Waals surface area contributed by atoms with Crippen molar-refractivity contribution in [3.8, 4) is 0 Å². The Labute approximate surface area is 222 Å². The van der Waals surface area contributed by atoms with E-state index in [1.807, 2.05) is 7.11 Å². The largest absolute Gasteiger partial charge is 0.377 e. The standard InChI is InChI=1S/C35H52O/c1-4-12-30-20-22-32(23-21-30)15-10-11-16-33-26-24-31(25-27-33)14-9-8-13-29(2)19-28-35(36-3)34-17-6-5-7-18-34/h4-7,12,17-18,20-23,29,31,33,35H,8-11,13-16,19,24-28H2,1-3H3. The number of rotatable bonds is 16. The highest BCUT2D eigenvalue weighted by molar-refractivity contribution is 5.49. The number of aryl methyl sites for hydroxylation is 1. The Hall–Kier alpha value is -1.86. The molecule has 0 aromatic heterocycles. The van der Waals surface area contributed by atoms with Crippen LogP contribution in [-0.4, -0.2) is 7.11 Å². The Morgan fingerprint density at radius 1 is 0.778 bits per heavy atom. The van der Waals surface area contributed by atoms with Crippen LogP contribution in [0.5, 0.6) is 0 Å². The number of methoxy groups -OCH3 is 1. The van der Waals surface area contributed by atoms with Gasteiger partial charge in [-0.05, 0) is 67.1 Å². The van der Waals surface area contributed by atoms with Gasteiger partial charge in [0.1, 0.15) is 0 Å². The lowest BCUT2D eigenvalue weighted by molar-refractivity contribution is 0.0893. The fraction of sp³-hybridized carbons (Fsp3) is 0.600. The summed E-state index contributed by atoms with van der Waals surface area (Å²) in [4.78, 5) is 0. The smallest absolute Gasteiger partial charge is 0.0821 e. The molecule has 2 atom stereocenters. The first-order valence-corrected chi connectivity index (χ1v) is 15.0. The third-order valence-electron chi connectivity index (χ3n) is 8.57. The van der Waals surface area contributed by atoms with Gasteiger partial charge in [-0.1, -0.05) is 138 Å². The van der Waals surface area contributed by atoms with Crippen LogP contribution in [0.4, 0.5) is 0 Å². The van der Waals surface area contributed by atoms with Gasteiger partial charge in [-0.25, -0.2) is 0 Å². The first-order valence-electron chi connectivity index (χ1n) is 15.0. The summed E-state index contributed by atoms with van der Waals surface area (Å²) in [5.41, 5.74) is 4.13. The lowest BCUT2D eigenvalue weighted by atomic mass is 9.77. The van der Waals surface area contributed by atoms with Crippen LogP contribution >= 0.6 is 0 Å². The number of unbranched alkanes of at least 4 members (excludes halogenated alkanes) is 2. The van der Waals surface area contributed by atoms with Crippen LogP contribution in [0, 0.1) is 17.8 Å². The van der Waals surface area contributed by atoms with Gasteiger partial charge in [0.2, 0.25) is 0 Å². The van der Waals surface area contributed by atoms with Crippen LogP contribution in [-0.2, 0) is 11.2 Å². The molecular weight excluding hydrogens is 436 g/mol. The van der Waals surface area contributed by atoms with Crippen LogP contribution in [0.15, 0.2) is 60.7 Å². The molecule has 1 aliphatic carbocycles. The summed E-state index contributed by atoms with van der Waals surface area (Å²) in [7, 11) is 1.85. The first-order chi connectivity index (χ1) is 17.7. The molecule has 0 amide bonds. The number of hydrogen-bond donors (Lipinski definition) is 0. The van der Waals surface area contributed by atoms with E-state index in [4.69, 9.17) is 4.74 Å². The molecule has 1 heteroatoms. The minimum absolute atomic E-state index is 0.249. The molecule has 1 fully saturated rings. The van der Waals surface area contributed by atoms with Crippen molar-refractivity contribution < 1.29 is 4.74 Å². The Morgan fingerprint density at radius 2 is 1.42 bits per heavy atom. The summed E-state index contributed by atoms with van der Waals surface area (Å²) >= 11 is 0. The molecule has 1 nitrogen and oxygen atoms in total. The van der Waals surface area contributed by atoms with E-state index in [-0.39, 0.29) is 6.10 Å². The monoisotopic (exact) mass is 488 g/mol. The molecule has 36 heavy (non-hydrogen) atoms. The molecule has 1 saturated carbocycles. The molecule has 2 aromatic carbocycles. The summed E-state index contributed by atoms with van der Waals surface area (Å²) in [6, 6.07) is 19.8. The maximum atomic E-state index is 5.76. The second-order valence-electron chi connectivity index (χ2n) is 11.5. The average molecular weight is 489 g/mol. The fourth-order valence-corrected chi connectivity index (χ4v) is 6.15. The minimum atomic E-state index is 0.249. The van der Waals surface area contributed by atoms with E-state index in [9.17, 15) is 0 Å². The van der Waals surface area contributed by atoms with E-state index in [1.54, 1.807) is 0 Å². The predicted octanol–water partition coefficient (Wildman–Crippen LogP) is 10.6. The van der Waals surface area contributed by atoms with Gasteiger partial charge in [-0.3, -0.25) is 0 Å². The zero-order valence-corrected chi connectivity index (χ0v) is 23.5. The average Bonchev–Trinajstić information content (AvgIpc) is 2.92. The van der Waals surface area contributed by atoms with E-state index in [2.05, 4.69) is 80.6 Å². The first kappa shape index (κ1) is 28.7. The minimum Gasteiger partial charge on any atom is -0.377 e. The summed E-state index contributed by atoms with van der Waals surface area (Å²) in [5, 5.41) is 0. The van der Waals surface area contributed by atoms with Crippen LogP contribution in [0.25, 0.3) is 6.08 Å². The number of allylic oxidation sites excluding steroid dienone is 1. The fourth-order valence-electron chi connectivity index (χ4n) is 6.15. The van der Waals surface area contributed by atoms with Crippen molar-refractivity contribution in [3.05, 3.63) is 77.4 Å². The maximum absolute atomic E-state index is 5.76. The highest BCUT2D eigenvalue weighted by atomic mass is 16.5. The highest BCUT2D eigenvalue weighted by Crippen LogP contribution is 2.35. The molecule has 0 bridgehead atoms. The Bertz CT molecular complexity index is 829. The van der Waals surface area contributed by atoms with Gasteiger partial charge in [0, 0.05) is 7.11 Å². The number of benzene rings is 2. The molecule has 1 aliphatic rings. The molecule has 2 unspecified atom stereocenters. The van der Waals surface area contributed by atoms with Gasteiger partial charge in [0.15, 0.2) is 0 Å². The third-order valence-corrected chi connectivity index (χ3v) is 8.57. The molecule has 3 rings (SSSR count). The third kappa shape index (κ3) is 10.6. The van der Waals surface area contributed by atoms with Crippen LogP contribution in [0.3, 0.4) is 0 Å². The van der Waals surface area contributed by atoms with Crippen molar-refractivity contribution in [2.24, 2.45) is 17.8 Å². The van der Waals surface area contributed by atoms with Crippen LogP contribution < -0.4 is 0 Å². The van der Waals surface area contributed by atoms with Gasteiger partial charge < -0.3 is 4.74 Å². The van der Waals surface area contributed by atoms with E-state index in [1.165, 1.54) is 100 Å². The number of hydrogen-bond acceptors (Lipinski definition) is 1. The van der Waals surface area contributed by atoms with E-state index < -0.39 is 0 Å². The van der Waals surface area contributed by atoms with Crippen molar-refractivity contribution in [1.29, 1.82) is 0 Å². The highest BCUT2D eigenvalue weighted by Gasteiger charge is 2.20. The van der Waals surface area contributed by atoms with Crippen molar-refractivity contribution in [2.45, 2.75) is 110 Å². The molecule has 0 aliphatic heterocycles. The van der Waals surface area contributed by atoms with E-state index in [0.717, 1.165) is 24.2 Å². The Morgan fingerprint density at radius 3 is 2.03 bits per heavy atom. The quantitative estimate of drug-likeness (QED) is 0.213. The summed E-state index contributed by atoms with van der Waals surface area (Å²) in [6.45, 7) is 4.51. The van der Waals surface area contributed by atoms with Crippen molar-refractivity contribution in [2.75, 3.05) is 7.11 Å². The lowest BCUT2D eigenvalue weighted by Crippen LogP contribution is -2.14. The lowest BCUT2D eigenvalue weighted by Gasteiger charge is -2.28. The molecule has 2 aromatic rings. The van der Waals surface area contributed by atoms with Crippen LogP contribution in [0.1, 0.15) is 120 Å². The zero-order valence-electron chi connectivity index (χ0n) is 23.5. The van der Waals surface area contributed by atoms with E-state index >= 15 is 0 Å². The summed E-state index contributed by atoms with van der Waals surface area (Å²) in [5.74, 6) is 2.80. The van der Waals surface area contributed by atoms with E-state index in [0.29, 0.717) is 0 Å². The van der Waals surface area contributed by atoms with Crippen LogP contribution in [0.2, 0.25) is 0 Å². The topological polar surface area (TPSA) is 9.23 Å². The van der Waals surface area contributed by atoms with Gasteiger partial charge in [0.05, 0.1) is 6.10 Å². The molecule has 0 heterocycles. The Kier molecular flexibility index (Phi) is 13.4. The summed E-state index contributed by atoms with van der Waals surface area (Å²) in [6.07, 6.45) is 24.0. The Balaban J connectivity index is 1.19. The normalized spacial score (nSPS) is 20.0. The summed E-state index contributed by atoms with van der Waals surface area (Å²) < 4.78 is 5.76. The molecule has 0 saturated heterocycles. The number of ether oxygens (including phenoxy) is 1. The molecular formula is C35H52O. The second-order valence-corrected chi connectivity index (χ2v) is 11.5. The maximum Gasteiger partial charge on any atom is 0.0821 e.